The zero-order valence-electron chi connectivity index (χ0n) is 9.73. The van der Waals surface area contributed by atoms with Crippen molar-refractivity contribution < 1.29 is 14.3 Å². The van der Waals surface area contributed by atoms with E-state index in [9.17, 15) is 4.79 Å². The number of carbonyl (C=O) groups is 1. The van der Waals surface area contributed by atoms with Crippen molar-refractivity contribution in [2.24, 2.45) is 0 Å². The van der Waals surface area contributed by atoms with E-state index in [4.69, 9.17) is 9.52 Å². The average Bonchev–Trinajstić information content (AvgIpc) is 3.00. The Morgan fingerprint density at radius 3 is 2.82 bits per heavy atom. The summed E-state index contributed by atoms with van der Waals surface area (Å²) in [6.07, 6.45) is 2.50. The molecule has 17 heavy (non-hydrogen) atoms. The van der Waals surface area contributed by atoms with Gasteiger partial charge >= 0.3 is 5.97 Å². The fourth-order valence-corrected chi connectivity index (χ4v) is 2.36. The molecule has 1 N–H and O–H groups in total. The van der Waals surface area contributed by atoms with Gasteiger partial charge in [-0.2, -0.15) is 0 Å². The molecule has 1 saturated carbocycles. The molecule has 0 radical (unpaired) electrons. The van der Waals surface area contributed by atoms with Gasteiger partial charge in [0.05, 0.1) is 12.5 Å². The molecule has 1 aliphatic carbocycles. The van der Waals surface area contributed by atoms with Gasteiger partial charge in [0.25, 0.3) is 0 Å². The molecule has 1 unspecified atom stereocenters. The summed E-state index contributed by atoms with van der Waals surface area (Å²) in [5, 5.41) is 8.76. The number of rotatable bonds is 6. The Morgan fingerprint density at radius 2 is 2.35 bits per heavy atom. The summed E-state index contributed by atoms with van der Waals surface area (Å²) in [7, 11) is 0. The summed E-state index contributed by atoms with van der Waals surface area (Å²) in [6.45, 7) is 2.64. The van der Waals surface area contributed by atoms with E-state index < -0.39 is 5.97 Å². The van der Waals surface area contributed by atoms with Crippen LogP contribution in [0.15, 0.2) is 21.2 Å². The van der Waals surface area contributed by atoms with Crippen molar-refractivity contribution in [2.45, 2.75) is 38.3 Å². The standard InChI is InChI=1S/C12H16BrNO3/c1-8(10-4-5-11(13)17-10)14(9-2-3-9)7-6-12(15)16/h4-5,8-9H,2-3,6-7H2,1H3,(H,15,16). The van der Waals surface area contributed by atoms with Crippen LogP contribution in [0.1, 0.15) is 38.0 Å². The molecule has 4 nitrogen and oxygen atoms in total. The Hall–Kier alpha value is -0.810. The lowest BCUT2D eigenvalue weighted by atomic mass is 10.2. The zero-order valence-corrected chi connectivity index (χ0v) is 11.3. The smallest absolute Gasteiger partial charge is 0.304 e. The minimum Gasteiger partial charge on any atom is -0.481 e. The van der Waals surface area contributed by atoms with E-state index in [0.29, 0.717) is 17.3 Å². The lowest BCUT2D eigenvalue weighted by Crippen LogP contribution is -2.31. The lowest BCUT2D eigenvalue weighted by molar-refractivity contribution is -0.137. The Bertz CT molecular complexity index is 400. The first-order valence-corrected chi connectivity index (χ1v) is 6.60. The van der Waals surface area contributed by atoms with Crippen LogP contribution < -0.4 is 0 Å². The third-order valence-corrected chi connectivity index (χ3v) is 3.53. The number of nitrogens with zero attached hydrogens (tertiary/aromatic N) is 1. The van der Waals surface area contributed by atoms with E-state index in [1.165, 1.54) is 0 Å². The van der Waals surface area contributed by atoms with Crippen LogP contribution in [-0.4, -0.2) is 28.6 Å². The van der Waals surface area contributed by atoms with Crippen molar-refractivity contribution in [1.82, 2.24) is 4.90 Å². The summed E-state index contributed by atoms with van der Waals surface area (Å²) >= 11 is 3.29. The first-order chi connectivity index (χ1) is 8.08. The number of carboxylic acids is 1. The zero-order chi connectivity index (χ0) is 12.4. The molecule has 1 atom stereocenters. The molecule has 1 aromatic rings. The van der Waals surface area contributed by atoms with E-state index >= 15 is 0 Å². The highest BCUT2D eigenvalue weighted by Crippen LogP contribution is 2.35. The van der Waals surface area contributed by atoms with Crippen LogP contribution in [0, 0.1) is 0 Å². The van der Waals surface area contributed by atoms with Crippen molar-refractivity contribution in [3.8, 4) is 0 Å². The highest BCUT2D eigenvalue weighted by atomic mass is 79.9. The lowest BCUT2D eigenvalue weighted by Gasteiger charge is -2.27. The van der Waals surface area contributed by atoms with Crippen molar-refractivity contribution in [2.75, 3.05) is 6.54 Å². The number of aliphatic carboxylic acids is 1. The second-order valence-electron chi connectivity index (χ2n) is 4.43. The highest BCUT2D eigenvalue weighted by molar-refractivity contribution is 9.10. The molecule has 5 heteroatoms. The predicted molar refractivity (Wildman–Crippen MR) is 66.8 cm³/mol. The molecule has 0 saturated heterocycles. The maximum atomic E-state index is 10.7. The van der Waals surface area contributed by atoms with E-state index in [2.05, 4.69) is 27.8 Å². The molecular weight excluding hydrogens is 286 g/mol. The van der Waals surface area contributed by atoms with Crippen LogP contribution in [0.2, 0.25) is 0 Å². The molecule has 0 aromatic carbocycles. The average molecular weight is 302 g/mol. The molecule has 0 bridgehead atoms. The second kappa shape index (κ2) is 5.23. The fraction of sp³-hybridized carbons (Fsp3) is 0.583. The summed E-state index contributed by atoms with van der Waals surface area (Å²) in [5.41, 5.74) is 0. The van der Waals surface area contributed by atoms with Crippen molar-refractivity contribution in [1.29, 1.82) is 0 Å². The summed E-state index contributed by atoms with van der Waals surface area (Å²) in [6, 6.07) is 4.46. The van der Waals surface area contributed by atoms with Gasteiger partial charge in [-0.25, -0.2) is 0 Å². The monoisotopic (exact) mass is 301 g/mol. The summed E-state index contributed by atoms with van der Waals surface area (Å²) in [4.78, 5) is 12.9. The SMILES string of the molecule is CC(c1ccc(Br)o1)N(CCC(=O)O)C1CC1. The first-order valence-electron chi connectivity index (χ1n) is 5.80. The van der Waals surface area contributed by atoms with Crippen LogP contribution in [0.4, 0.5) is 0 Å². The number of halogens is 1. The molecule has 1 aliphatic rings. The predicted octanol–water partition coefficient (Wildman–Crippen LogP) is 3.04. The molecule has 1 fully saturated rings. The van der Waals surface area contributed by atoms with Crippen LogP contribution >= 0.6 is 15.9 Å². The van der Waals surface area contributed by atoms with Crippen LogP contribution in [0.25, 0.3) is 0 Å². The van der Waals surface area contributed by atoms with Gasteiger partial charge < -0.3 is 9.52 Å². The number of carboxylic acid groups (broad SMARTS) is 1. The first kappa shape index (κ1) is 12.6. The van der Waals surface area contributed by atoms with Gasteiger partial charge in [0.15, 0.2) is 4.67 Å². The highest BCUT2D eigenvalue weighted by Gasteiger charge is 2.33. The number of hydrogen-bond donors (Lipinski definition) is 1. The molecule has 1 aromatic heterocycles. The topological polar surface area (TPSA) is 53.7 Å². The maximum Gasteiger partial charge on any atom is 0.304 e. The van der Waals surface area contributed by atoms with Crippen molar-refractivity contribution in [3.05, 3.63) is 22.6 Å². The van der Waals surface area contributed by atoms with Gasteiger partial charge in [0, 0.05) is 12.6 Å². The van der Waals surface area contributed by atoms with Crippen LogP contribution in [-0.2, 0) is 4.79 Å². The quantitative estimate of drug-likeness (QED) is 0.877. The van der Waals surface area contributed by atoms with Gasteiger partial charge in [0.1, 0.15) is 5.76 Å². The van der Waals surface area contributed by atoms with Crippen LogP contribution in [0.3, 0.4) is 0 Å². The second-order valence-corrected chi connectivity index (χ2v) is 5.21. The van der Waals surface area contributed by atoms with Gasteiger partial charge in [-0.3, -0.25) is 9.69 Å². The summed E-state index contributed by atoms with van der Waals surface area (Å²) in [5.74, 6) is 0.137. The Labute approximate surface area is 109 Å². The van der Waals surface area contributed by atoms with Crippen molar-refractivity contribution in [3.63, 3.8) is 0 Å². The van der Waals surface area contributed by atoms with Crippen molar-refractivity contribution >= 4 is 21.9 Å². The minimum absolute atomic E-state index is 0.133. The molecule has 0 aliphatic heterocycles. The third-order valence-electron chi connectivity index (χ3n) is 3.10. The Kier molecular flexibility index (Phi) is 3.89. The molecule has 0 amide bonds. The Balaban J connectivity index is 2.02. The summed E-state index contributed by atoms with van der Waals surface area (Å²) < 4.78 is 6.25. The molecule has 1 heterocycles. The van der Waals surface area contributed by atoms with Gasteiger partial charge in [-0.05, 0) is 47.8 Å². The van der Waals surface area contributed by atoms with E-state index in [1.54, 1.807) is 0 Å². The van der Waals surface area contributed by atoms with Gasteiger partial charge in [-0.15, -0.1) is 0 Å². The maximum absolute atomic E-state index is 10.7. The largest absolute Gasteiger partial charge is 0.481 e. The normalized spacial score (nSPS) is 17.4. The number of hydrogen-bond acceptors (Lipinski definition) is 3. The van der Waals surface area contributed by atoms with E-state index in [0.717, 1.165) is 18.6 Å². The van der Waals surface area contributed by atoms with Gasteiger partial charge in [0.2, 0.25) is 0 Å². The molecular formula is C12H16BrNO3. The third kappa shape index (κ3) is 3.33. The van der Waals surface area contributed by atoms with Gasteiger partial charge in [-0.1, -0.05) is 0 Å². The fourth-order valence-electron chi connectivity index (χ4n) is 2.04. The van der Waals surface area contributed by atoms with E-state index in [-0.39, 0.29) is 12.5 Å². The van der Waals surface area contributed by atoms with Crippen LogP contribution in [0.5, 0.6) is 0 Å². The molecule has 2 rings (SSSR count). The van der Waals surface area contributed by atoms with E-state index in [1.807, 2.05) is 12.1 Å². The molecule has 94 valence electrons. The Morgan fingerprint density at radius 1 is 1.65 bits per heavy atom. The minimum atomic E-state index is -0.747. The molecule has 0 spiro atoms. The number of furan rings is 1.